The Morgan fingerprint density at radius 3 is 2.65 bits per heavy atom. The monoisotopic (exact) mass is 353 g/mol. The van der Waals surface area contributed by atoms with Crippen LogP contribution in [0.25, 0.3) is 11.3 Å². The van der Waals surface area contributed by atoms with Gasteiger partial charge in [-0.2, -0.15) is 0 Å². The molecule has 1 amide bonds. The molecule has 26 heavy (non-hydrogen) atoms. The summed E-state index contributed by atoms with van der Waals surface area (Å²) < 4.78 is 10.4. The molecule has 0 aliphatic heterocycles. The SMILES string of the molecule is COC(=O)c1c(C)[nH]c(C(=O)NCc2ncc(-c3ccccc3)o2)c1C. The number of carbonyl (C=O) groups is 2. The highest BCUT2D eigenvalue weighted by Gasteiger charge is 2.22. The zero-order chi connectivity index (χ0) is 18.7. The van der Waals surface area contributed by atoms with E-state index in [1.54, 1.807) is 20.0 Å². The molecule has 0 aliphatic carbocycles. The van der Waals surface area contributed by atoms with Crippen LogP contribution in [-0.4, -0.2) is 29.0 Å². The molecule has 7 nitrogen and oxygen atoms in total. The second-order valence-electron chi connectivity index (χ2n) is 5.78. The molecule has 3 aromatic rings. The lowest BCUT2D eigenvalue weighted by Gasteiger charge is -2.03. The van der Waals surface area contributed by atoms with E-state index in [-0.39, 0.29) is 12.5 Å². The number of amides is 1. The number of ether oxygens (including phenoxy) is 1. The Bertz CT molecular complexity index is 941. The Hall–Kier alpha value is -3.35. The molecule has 2 aromatic heterocycles. The number of aromatic nitrogens is 2. The van der Waals surface area contributed by atoms with Crippen LogP contribution in [0.5, 0.6) is 0 Å². The van der Waals surface area contributed by atoms with E-state index in [9.17, 15) is 9.59 Å². The predicted molar refractivity (Wildman–Crippen MR) is 94.7 cm³/mol. The minimum atomic E-state index is -0.476. The summed E-state index contributed by atoms with van der Waals surface area (Å²) in [6, 6.07) is 9.58. The molecule has 0 fully saturated rings. The van der Waals surface area contributed by atoms with Crippen molar-refractivity contribution >= 4 is 11.9 Å². The van der Waals surface area contributed by atoms with Crippen LogP contribution in [0.2, 0.25) is 0 Å². The summed E-state index contributed by atoms with van der Waals surface area (Å²) in [5, 5.41) is 2.74. The van der Waals surface area contributed by atoms with E-state index in [2.05, 4.69) is 15.3 Å². The number of hydrogen-bond acceptors (Lipinski definition) is 5. The topological polar surface area (TPSA) is 97.2 Å². The number of H-pyrrole nitrogens is 1. The molecule has 0 radical (unpaired) electrons. The Balaban J connectivity index is 1.70. The van der Waals surface area contributed by atoms with Crippen LogP contribution < -0.4 is 5.32 Å². The minimum absolute atomic E-state index is 0.136. The highest BCUT2D eigenvalue weighted by atomic mass is 16.5. The van der Waals surface area contributed by atoms with E-state index >= 15 is 0 Å². The number of benzene rings is 1. The fourth-order valence-electron chi connectivity index (χ4n) is 2.76. The summed E-state index contributed by atoms with van der Waals surface area (Å²) in [7, 11) is 1.31. The van der Waals surface area contributed by atoms with E-state index < -0.39 is 5.97 Å². The number of oxazole rings is 1. The first-order valence-electron chi connectivity index (χ1n) is 8.07. The van der Waals surface area contributed by atoms with Crippen molar-refractivity contribution in [3.05, 3.63) is 64.9 Å². The van der Waals surface area contributed by atoms with Gasteiger partial charge in [-0.1, -0.05) is 30.3 Å². The van der Waals surface area contributed by atoms with Crippen molar-refractivity contribution in [3.8, 4) is 11.3 Å². The van der Waals surface area contributed by atoms with Gasteiger partial charge in [0.25, 0.3) is 5.91 Å². The van der Waals surface area contributed by atoms with E-state index in [0.29, 0.717) is 34.2 Å². The van der Waals surface area contributed by atoms with Gasteiger partial charge in [-0.15, -0.1) is 0 Å². The lowest BCUT2D eigenvalue weighted by molar-refractivity contribution is 0.0599. The third-order valence-corrected chi connectivity index (χ3v) is 4.07. The van der Waals surface area contributed by atoms with Crippen LogP contribution in [0.1, 0.15) is 38.0 Å². The maximum atomic E-state index is 12.4. The lowest BCUT2D eigenvalue weighted by atomic mass is 10.1. The maximum Gasteiger partial charge on any atom is 0.339 e. The van der Waals surface area contributed by atoms with Crippen molar-refractivity contribution in [2.45, 2.75) is 20.4 Å². The minimum Gasteiger partial charge on any atom is -0.465 e. The zero-order valence-electron chi connectivity index (χ0n) is 14.8. The van der Waals surface area contributed by atoms with Gasteiger partial charge in [0.15, 0.2) is 5.76 Å². The Kier molecular flexibility index (Phi) is 4.88. The highest BCUT2D eigenvalue weighted by Crippen LogP contribution is 2.21. The summed E-state index contributed by atoms with van der Waals surface area (Å²) in [5.41, 5.74) is 2.74. The quantitative estimate of drug-likeness (QED) is 0.687. The third-order valence-electron chi connectivity index (χ3n) is 4.07. The largest absolute Gasteiger partial charge is 0.465 e. The van der Waals surface area contributed by atoms with E-state index in [1.165, 1.54) is 7.11 Å². The van der Waals surface area contributed by atoms with Gasteiger partial charge in [0.2, 0.25) is 5.89 Å². The van der Waals surface area contributed by atoms with Gasteiger partial charge in [0.1, 0.15) is 5.69 Å². The molecule has 0 aliphatic rings. The molecule has 0 unspecified atom stereocenters. The smallest absolute Gasteiger partial charge is 0.339 e. The second-order valence-corrected chi connectivity index (χ2v) is 5.78. The molecule has 0 bridgehead atoms. The van der Waals surface area contributed by atoms with Gasteiger partial charge in [0, 0.05) is 11.3 Å². The van der Waals surface area contributed by atoms with Crippen molar-refractivity contribution < 1.29 is 18.7 Å². The van der Waals surface area contributed by atoms with E-state index in [4.69, 9.17) is 9.15 Å². The van der Waals surface area contributed by atoms with Gasteiger partial charge in [-0.05, 0) is 19.4 Å². The number of carbonyl (C=O) groups excluding carboxylic acids is 2. The molecule has 3 rings (SSSR count). The summed E-state index contributed by atoms with van der Waals surface area (Å²) in [5.74, 6) is 0.205. The first-order valence-corrected chi connectivity index (χ1v) is 8.07. The van der Waals surface area contributed by atoms with Crippen molar-refractivity contribution in [2.75, 3.05) is 7.11 Å². The summed E-state index contributed by atoms with van der Waals surface area (Å²) in [6.45, 7) is 3.55. The van der Waals surface area contributed by atoms with Crippen LogP contribution in [0.3, 0.4) is 0 Å². The summed E-state index contributed by atoms with van der Waals surface area (Å²) >= 11 is 0. The van der Waals surface area contributed by atoms with Gasteiger partial charge in [-0.3, -0.25) is 4.79 Å². The molecule has 1 aromatic carbocycles. The van der Waals surface area contributed by atoms with Crippen molar-refractivity contribution in [2.24, 2.45) is 0 Å². The van der Waals surface area contributed by atoms with Crippen molar-refractivity contribution in [1.29, 1.82) is 0 Å². The van der Waals surface area contributed by atoms with Crippen LogP contribution >= 0.6 is 0 Å². The molecule has 0 saturated carbocycles. The van der Waals surface area contributed by atoms with Crippen LogP contribution in [0.15, 0.2) is 40.9 Å². The fourth-order valence-corrected chi connectivity index (χ4v) is 2.76. The molecule has 0 saturated heterocycles. The van der Waals surface area contributed by atoms with E-state index in [0.717, 1.165) is 5.56 Å². The number of esters is 1. The van der Waals surface area contributed by atoms with Gasteiger partial charge >= 0.3 is 5.97 Å². The summed E-state index contributed by atoms with van der Waals surface area (Å²) in [6.07, 6.45) is 1.62. The maximum absolute atomic E-state index is 12.4. The lowest BCUT2D eigenvalue weighted by Crippen LogP contribution is -2.24. The standard InChI is InChI=1S/C19H19N3O4/c1-11-16(19(24)25-3)12(2)22-17(11)18(23)21-10-15-20-9-14(26-15)13-7-5-4-6-8-13/h4-9,22H,10H2,1-3H3,(H,21,23). The number of aromatic amines is 1. The number of nitrogens with one attached hydrogen (secondary N) is 2. The Labute approximate surface area is 150 Å². The predicted octanol–water partition coefficient (Wildman–Crippen LogP) is 3.00. The summed E-state index contributed by atoms with van der Waals surface area (Å²) in [4.78, 5) is 31.3. The molecular formula is C19H19N3O4. The Morgan fingerprint density at radius 1 is 1.23 bits per heavy atom. The molecule has 2 N–H and O–H groups in total. The number of nitrogens with zero attached hydrogens (tertiary/aromatic N) is 1. The zero-order valence-corrected chi connectivity index (χ0v) is 14.8. The first kappa shape index (κ1) is 17.5. The Morgan fingerprint density at radius 2 is 1.96 bits per heavy atom. The third kappa shape index (κ3) is 3.37. The molecule has 134 valence electrons. The van der Waals surface area contributed by atoms with Gasteiger partial charge < -0.3 is 19.5 Å². The fraction of sp³-hybridized carbons (Fsp3) is 0.211. The van der Waals surface area contributed by atoms with Crippen LogP contribution in [0.4, 0.5) is 0 Å². The average molecular weight is 353 g/mol. The van der Waals surface area contributed by atoms with Crippen LogP contribution in [0, 0.1) is 13.8 Å². The van der Waals surface area contributed by atoms with E-state index in [1.807, 2.05) is 30.3 Å². The number of methoxy groups -OCH3 is 1. The van der Waals surface area contributed by atoms with Crippen LogP contribution in [-0.2, 0) is 11.3 Å². The second kappa shape index (κ2) is 7.26. The van der Waals surface area contributed by atoms with Crippen molar-refractivity contribution in [1.82, 2.24) is 15.3 Å². The molecule has 0 spiro atoms. The number of rotatable bonds is 5. The molecule has 7 heteroatoms. The molecular weight excluding hydrogens is 334 g/mol. The number of hydrogen-bond donors (Lipinski definition) is 2. The van der Waals surface area contributed by atoms with Gasteiger partial charge in [-0.25, -0.2) is 9.78 Å². The van der Waals surface area contributed by atoms with Crippen molar-refractivity contribution in [3.63, 3.8) is 0 Å². The molecule has 0 atom stereocenters. The van der Waals surface area contributed by atoms with Gasteiger partial charge in [0.05, 0.1) is 25.4 Å². The average Bonchev–Trinajstić information content (AvgIpc) is 3.24. The molecule has 2 heterocycles. The highest BCUT2D eigenvalue weighted by molar-refractivity contribution is 6.00. The normalized spacial score (nSPS) is 10.6. The number of aryl methyl sites for hydroxylation is 1. The first-order chi connectivity index (χ1) is 12.5.